The van der Waals surface area contributed by atoms with Gasteiger partial charge in [0.1, 0.15) is 11.6 Å². The highest BCUT2D eigenvalue weighted by atomic mass is 19.1. The zero-order valence-corrected chi connectivity index (χ0v) is 14.5. The van der Waals surface area contributed by atoms with Crippen LogP contribution in [0.5, 0.6) is 0 Å². The molecule has 1 atom stereocenters. The molecule has 0 aromatic heterocycles. The van der Waals surface area contributed by atoms with Crippen LogP contribution in [-0.4, -0.2) is 44.7 Å². The second kappa shape index (κ2) is 6.64. The first-order valence-corrected chi connectivity index (χ1v) is 8.86. The molecule has 2 aromatic carbocycles. The molecular formula is C20H23F2N3. The molecular weight excluding hydrogens is 320 g/mol. The van der Waals surface area contributed by atoms with Crippen molar-refractivity contribution in [3.63, 3.8) is 0 Å². The average Bonchev–Trinajstić information content (AvgIpc) is 3.01. The van der Waals surface area contributed by atoms with Crippen LogP contribution in [0.3, 0.4) is 0 Å². The van der Waals surface area contributed by atoms with Crippen molar-refractivity contribution < 1.29 is 8.78 Å². The molecule has 0 bridgehead atoms. The number of hydrogen-bond acceptors (Lipinski definition) is 3. The summed E-state index contributed by atoms with van der Waals surface area (Å²) in [5, 5.41) is 0. The maximum Gasteiger partial charge on any atom is 0.125 e. The Hall–Kier alpha value is -2.14. The quantitative estimate of drug-likeness (QED) is 0.837. The lowest BCUT2D eigenvalue weighted by Crippen LogP contribution is -2.41. The molecule has 0 unspecified atom stereocenters. The van der Waals surface area contributed by atoms with Crippen LogP contribution in [0.15, 0.2) is 42.5 Å². The Morgan fingerprint density at radius 2 is 1.68 bits per heavy atom. The van der Waals surface area contributed by atoms with Gasteiger partial charge < -0.3 is 14.7 Å². The second-order valence-electron chi connectivity index (χ2n) is 7.12. The zero-order valence-electron chi connectivity index (χ0n) is 14.5. The topological polar surface area (TPSA) is 9.72 Å². The van der Waals surface area contributed by atoms with Gasteiger partial charge in [-0.3, -0.25) is 0 Å². The highest BCUT2D eigenvalue weighted by Gasteiger charge is 2.28. The van der Waals surface area contributed by atoms with Crippen molar-refractivity contribution in [3.05, 3.63) is 54.1 Å². The molecule has 25 heavy (non-hydrogen) atoms. The van der Waals surface area contributed by atoms with Gasteiger partial charge in [0.15, 0.2) is 0 Å². The van der Waals surface area contributed by atoms with E-state index in [0.717, 1.165) is 49.8 Å². The van der Waals surface area contributed by atoms with Gasteiger partial charge in [0.05, 0.1) is 11.4 Å². The van der Waals surface area contributed by atoms with Gasteiger partial charge in [-0.15, -0.1) is 0 Å². The van der Waals surface area contributed by atoms with Gasteiger partial charge in [-0.1, -0.05) is 0 Å². The Kier molecular flexibility index (Phi) is 4.34. The van der Waals surface area contributed by atoms with Gasteiger partial charge in [0.2, 0.25) is 0 Å². The predicted octanol–water partition coefficient (Wildman–Crippen LogP) is 3.87. The summed E-state index contributed by atoms with van der Waals surface area (Å²) >= 11 is 0. The number of benzene rings is 2. The molecule has 3 nitrogen and oxygen atoms in total. The molecule has 4 rings (SSSR count). The zero-order chi connectivity index (χ0) is 17.4. The van der Waals surface area contributed by atoms with E-state index < -0.39 is 0 Å². The molecule has 5 heteroatoms. The Morgan fingerprint density at radius 1 is 0.920 bits per heavy atom. The van der Waals surface area contributed by atoms with Gasteiger partial charge in [-0.25, -0.2) is 8.78 Å². The van der Waals surface area contributed by atoms with Crippen molar-refractivity contribution in [3.8, 4) is 0 Å². The number of halogens is 2. The predicted molar refractivity (Wildman–Crippen MR) is 97.6 cm³/mol. The van der Waals surface area contributed by atoms with Crippen LogP contribution in [0.25, 0.3) is 0 Å². The first kappa shape index (κ1) is 16.3. The van der Waals surface area contributed by atoms with Crippen LogP contribution in [0, 0.1) is 17.6 Å². The average molecular weight is 343 g/mol. The number of rotatable bonds is 3. The molecule has 0 aliphatic carbocycles. The minimum absolute atomic E-state index is 0.242. The van der Waals surface area contributed by atoms with Gasteiger partial charge >= 0.3 is 0 Å². The van der Waals surface area contributed by atoms with Crippen molar-refractivity contribution in [1.82, 2.24) is 4.90 Å². The fourth-order valence-corrected chi connectivity index (χ4v) is 4.01. The molecule has 0 radical (unpaired) electrons. The maximum atomic E-state index is 13.9. The monoisotopic (exact) mass is 343 g/mol. The van der Waals surface area contributed by atoms with E-state index >= 15 is 0 Å². The molecule has 0 amide bonds. The Morgan fingerprint density at radius 3 is 2.40 bits per heavy atom. The highest BCUT2D eigenvalue weighted by molar-refractivity contribution is 5.79. The fourth-order valence-electron chi connectivity index (χ4n) is 4.01. The van der Waals surface area contributed by atoms with Crippen LogP contribution < -0.4 is 9.80 Å². The summed E-state index contributed by atoms with van der Waals surface area (Å²) in [6, 6.07) is 11.4. The van der Waals surface area contributed by atoms with E-state index in [1.807, 2.05) is 6.07 Å². The summed E-state index contributed by atoms with van der Waals surface area (Å²) in [4.78, 5) is 6.82. The van der Waals surface area contributed by atoms with E-state index in [9.17, 15) is 8.78 Å². The van der Waals surface area contributed by atoms with Crippen molar-refractivity contribution >= 4 is 17.1 Å². The van der Waals surface area contributed by atoms with E-state index in [4.69, 9.17) is 0 Å². The minimum atomic E-state index is -0.257. The Bertz CT molecular complexity index is 747. The number of anilines is 3. The summed E-state index contributed by atoms with van der Waals surface area (Å²) in [5.74, 6) is 0.154. The van der Waals surface area contributed by atoms with Crippen molar-refractivity contribution in [2.24, 2.45) is 5.92 Å². The largest absolute Gasteiger partial charge is 0.368 e. The third-order valence-electron chi connectivity index (χ3n) is 5.27. The van der Waals surface area contributed by atoms with Gasteiger partial charge in [-0.05, 0) is 68.4 Å². The normalized spacial score (nSPS) is 20.8. The van der Waals surface area contributed by atoms with Crippen molar-refractivity contribution in [1.29, 1.82) is 0 Å². The lowest BCUT2D eigenvalue weighted by Gasteiger charge is -2.40. The van der Waals surface area contributed by atoms with Crippen LogP contribution in [0.1, 0.15) is 6.42 Å². The molecule has 0 saturated carbocycles. The SMILES string of the molecule is CN1CC[C@H](CN2CCN(c3ccc(F)cc3)c3cc(F)ccc32)C1. The standard InChI is InChI=1S/C20H23F2N3/c1-23-9-8-15(13-23)14-24-10-11-25(18-5-2-16(21)3-6-18)20-12-17(22)4-7-19(20)24/h2-7,12,15H,8-11,13-14H2,1H3/t15-/m0/s1. The number of fused-ring (bicyclic) bond motifs is 1. The van der Waals surface area contributed by atoms with E-state index in [0.29, 0.717) is 5.92 Å². The summed E-state index contributed by atoms with van der Waals surface area (Å²) in [7, 11) is 2.16. The van der Waals surface area contributed by atoms with Crippen molar-refractivity contribution in [2.75, 3.05) is 49.6 Å². The molecule has 0 N–H and O–H groups in total. The summed E-state index contributed by atoms with van der Waals surface area (Å²) in [6.07, 6.45) is 1.21. The molecule has 2 aliphatic rings. The van der Waals surface area contributed by atoms with Gasteiger partial charge in [-0.2, -0.15) is 0 Å². The minimum Gasteiger partial charge on any atom is -0.368 e. The molecule has 1 saturated heterocycles. The third kappa shape index (κ3) is 3.33. The summed E-state index contributed by atoms with van der Waals surface area (Å²) < 4.78 is 27.2. The molecule has 1 fully saturated rings. The smallest absolute Gasteiger partial charge is 0.125 e. The summed E-state index contributed by atoms with van der Waals surface area (Å²) in [5.41, 5.74) is 2.82. The number of nitrogens with zero attached hydrogens (tertiary/aromatic N) is 3. The molecule has 0 spiro atoms. The van der Waals surface area contributed by atoms with Crippen LogP contribution in [0.2, 0.25) is 0 Å². The maximum absolute atomic E-state index is 13.9. The van der Waals surface area contributed by atoms with Crippen LogP contribution in [0.4, 0.5) is 25.8 Å². The lowest BCUT2D eigenvalue weighted by atomic mass is 10.1. The molecule has 2 aromatic rings. The third-order valence-corrected chi connectivity index (χ3v) is 5.27. The lowest BCUT2D eigenvalue weighted by molar-refractivity contribution is 0.394. The van der Waals surface area contributed by atoms with E-state index in [1.165, 1.54) is 24.6 Å². The number of likely N-dealkylation sites (tertiary alicyclic amines) is 1. The van der Waals surface area contributed by atoms with Gasteiger partial charge in [0.25, 0.3) is 0 Å². The molecule has 2 heterocycles. The van der Waals surface area contributed by atoms with Gasteiger partial charge in [0, 0.05) is 31.9 Å². The Labute approximate surface area is 147 Å². The van der Waals surface area contributed by atoms with Crippen LogP contribution in [-0.2, 0) is 0 Å². The van der Waals surface area contributed by atoms with E-state index in [1.54, 1.807) is 18.2 Å². The second-order valence-corrected chi connectivity index (χ2v) is 7.12. The van der Waals surface area contributed by atoms with E-state index in [-0.39, 0.29) is 11.6 Å². The molecule has 2 aliphatic heterocycles. The molecule has 132 valence electrons. The van der Waals surface area contributed by atoms with Crippen LogP contribution >= 0.6 is 0 Å². The summed E-state index contributed by atoms with van der Waals surface area (Å²) in [6.45, 7) is 4.92. The highest BCUT2D eigenvalue weighted by Crippen LogP contribution is 2.38. The Balaban J connectivity index is 1.63. The first-order chi connectivity index (χ1) is 12.1. The van der Waals surface area contributed by atoms with Crippen molar-refractivity contribution in [2.45, 2.75) is 6.42 Å². The fraction of sp³-hybridized carbons (Fsp3) is 0.400. The number of hydrogen-bond donors (Lipinski definition) is 0. The van der Waals surface area contributed by atoms with E-state index in [2.05, 4.69) is 21.7 Å². The first-order valence-electron chi connectivity index (χ1n) is 8.86.